The van der Waals surface area contributed by atoms with E-state index in [1.54, 1.807) is 12.4 Å². The molecule has 0 saturated heterocycles. The lowest BCUT2D eigenvalue weighted by Crippen LogP contribution is -2.05. The van der Waals surface area contributed by atoms with Gasteiger partial charge in [0.05, 0.1) is 69.9 Å². The molecule has 0 saturated carbocycles. The maximum atomic E-state index is 11.7. The van der Waals surface area contributed by atoms with Crippen LogP contribution in [0, 0.1) is 47.1 Å². The predicted molar refractivity (Wildman–Crippen MR) is 287 cm³/mol. The third kappa shape index (κ3) is 7.17. The van der Waals surface area contributed by atoms with Crippen LogP contribution < -0.4 is 0 Å². The summed E-state index contributed by atoms with van der Waals surface area (Å²) in [5, 5.41) is 34.8. The maximum Gasteiger partial charge on any atom is 0.187 e. The van der Waals surface area contributed by atoms with E-state index in [-0.39, 0.29) is 0 Å². The van der Waals surface area contributed by atoms with Crippen LogP contribution in [0.25, 0.3) is 120 Å². The highest BCUT2D eigenvalue weighted by molar-refractivity contribution is 6.14. The molecule has 0 bridgehead atoms. The predicted octanol–water partition coefficient (Wildman–Crippen LogP) is 16.3. The Morgan fingerprint density at radius 1 is 0.333 bits per heavy atom. The monoisotopic (exact) mass is 914 g/mol. The van der Waals surface area contributed by atoms with Crippen LogP contribution in [0.15, 0.2) is 207 Å². The highest BCUT2D eigenvalue weighted by atomic mass is 15.0. The molecule has 0 spiro atoms. The summed E-state index contributed by atoms with van der Waals surface area (Å²) in [4.78, 5) is 11.6. The third-order valence-corrected chi connectivity index (χ3v) is 13.6. The molecule has 12 rings (SSSR count). The van der Waals surface area contributed by atoms with E-state index in [1.807, 2.05) is 109 Å². The zero-order valence-corrected chi connectivity index (χ0v) is 38.2. The number of rotatable bonds is 7. The highest BCUT2D eigenvalue weighted by Crippen LogP contribution is 2.43. The lowest BCUT2D eigenvalue weighted by atomic mass is 9.99. The number of hydrogen-bond acceptors (Lipinski definition) is 4. The van der Waals surface area contributed by atoms with Gasteiger partial charge in [0.1, 0.15) is 11.6 Å². The standard InChI is InChI=1S/C64H34N8/c1-68-52-19-11-44(12-20-52)49-17-25-61-56(33-49)57-34-50(45-13-21-53(69-2)22-14-45)18-26-62(57)72(61)64-36-51(46-27-29-70-30-28-46)35-63(58(64)39-67)71-59-23-15-47(42-7-3-40(37-65)4-8-42)31-54(59)55-32-48(16-24-60(55)71)43-9-5-41(38-66)6-10-43/h3-36H. The largest absolute Gasteiger partial charge is 0.308 e. The average Bonchev–Trinajstić information content (AvgIpc) is 3.96. The second-order valence-electron chi connectivity index (χ2n) is 17.5. The zero-order chi connectivity index (χ0) is 48.9. The number of fused-ring (bicyclic) bond motifs is 6. The van der Waals surface area contributed by atoms with Gasteiger partial charge in [-0.1, -0.05) is 97.1 Å². The smallest absolute Gasteiger partial charge is 0.187 e. The lowest BCUT2D eigenvalue weighted by molar-refractivity contribution is 1.12. The SMILES string of the molecule is [C-]#[N+]c1ccc(-c2ccc3c(c2)c2cc(-c4ccc([N+]#[C-])cc4)ccc2n3-c2cc(-c3ccncc3)cc(-n3c4ccc(-c5ccc(C#N)cc5)cc4c4cc(-c5ccc(C#N)cc5)ccc43)c2C#N)cc1. The normalized spacial score (nSPS) is 11.0. The molecule has 8 nitrogen and oxygen atoms in total. The zero-order valence-electron chi connectivity index (χ0n) is 38.2. The van der Waals surface area contributed by atoms with Crippen molar-refractivity contribution in [3.63, 3.8) is 0 Å². The first-order valence-corrected chi connectivity index (χ1v) is 23.1. The minimum atomic E-state index is 0.468. The summed E-state index contributed by atoms with van der Waals surface area (Å²) in [6.45, 7) is 15.1. The van der Waals surface area contributed by atoms with Crippen LogP contribution in [0.2, 0.25) is 0 Å². The number of pyridine rings is 1. The van der Waals surface area contributed by atoms with Gasteiger partial charge in [-0.25, -0.2) is 9.69 Å². The van der Waals surface area contributed by atoms with Crippen LogP contribution in [-0.4, -0.2) is 14.1 Å². The van der Waals surface area contributed by atoms with Gasteiger partial charge in [0.15, 0.2) is 11.4 Å². The lowest BCUT2D eigenvalue weighted by Gasteiger charge is -2.18. The van der Waals surface area contributed by atoms with E-state index in [0.717, 1.165) is 99.2 Å². The summed E-state index contributed by atoms with van der Waals surface area (Å²) < 4.78 is 4.40. The molecular weight excluding hydrogens is 881 g/mol. The van der Waals surface area contributed by atoms with Crippen molar-refractivity contribution in [3.05, 3.63) is 246 Å². The van der Waals surface area contributed by atoms with E-state index in [1.165, 1.54) is 0 Å². The topological polar surface area (TPSA) is 103 Å². The number of hydrogen-bond donors (Lipinski definition) is 0. The van der Waals surface area contributed by atoms with Crippen molar-refractivity contribution in [3.8, 4) is 85.2 Å². The van der Waals surface area contributed by atoms with Gasteiger partial charge in [0.2, 0.25) is 0 Å². The van der Waals surface area contributed by atoms with Gasteiger partial charge < -0.3 is 9.13 Å². The van der Waals surface area contributed by atoms with Crippen LogP contribution in [0.3, 0.4) is 0 Å². The third-order valence-electron chi connectivity index (χ3n) is 13.6. The molecule has 0 aliphatic rings. The molecule has 0 aliphatic carbocycles. The first kappa shape index (κ1) is 42.5. The van der Waals surface area contributed by atoms with Crippen molar-refractivity contribution < 1.29 is 0 Å². The van der Waals surface area contributed by atoms with E-state index in [9.17, 15) is 15.8 Å². The summed E-state index contributed by atoms with van der Waals surface area (Å²) >= 11 is 0. The average molecular weight is 915 g/mol. The Labute approximate surface area is 414 Å². The van der Waals surface area contributed by atoms with E-state index in [2.05, 4.69) is 127 Å². The fourth-order valence-electron chi connectivity index (χ4n) is 10.0. The van der Waals surface area contributed by atoms with Gasteiger partial charge in [-0.2, -0.15) is 15.8 Å². The molecule has 3 aromatic heterocycles. The van der Waals surface area contributed by atoms with Crippen LogP contribution in [0.1, 0.15) is 16.7 Å². The van der Waals surface area contributed by atoms with E-state index >= 15 is 0 Å². The Hall–Kier alpha value is -10.8. The van der Waals surface area contributed by atoms with Gasteiger partial charge in [0, 0.05) is 33.9 Å². The van der Waals surface area contributed by atoms with Gasteiger partial charge >= 0.3 is 0 Å². The van der Waals surface area contributed by atoms with E-state index in [0.29, 0.717) is 39.4 Å². The summed E-state index contributed by atoms with van der Waals surface area (Å²) in [6.07, 6.45) is 3.56. The Morgan fingerprint density at radius 2 is 0.639 bits per heavy atom. The Morgan fingerprint density at radius 3 is 0.944 bits per heavy atom. The molecule has 330 valence electrons. The van der Waals surface area contributed by atoms with Crippen LogP contribution in [-0.2, 0) is 0 Å². The number of aromatic nitrogens is 3. The van der Waals surface area contributed by atoms with Crippen molar-refractivity contribution >= 4 is 55.0 Å². The molecule has 0 fully saturated rings. The first-order valence-electron chi connectivity index (χ1n) is 23.1. The fraction of sp³-hybridized carbons (Fsp3) is 0. The first-order chi connectivity index (χ1) is 35.4. The highest BCUT2D eigenvalue weighted by Gasteiger charge is 2.24. The number of nitrogens with zero attached hydrogens (tertiary/aromatic N) is 8. The van der Waals surface area contributed by atoms with Crippen molar-refractivity contribution in [2.45, 2.75) is 0 Å². The molecule has 0 unspecified atom stereocenters. The number of benzene rings is 9. The Balaban J connectivity index is 1.15. The van der Waals surface area contributed by atoms with Gasteiger partial charge in [-0.3, -0.25) is 4.98 Å². The van der Waals surface area contributed by atoms with E-state index in [4.69, 9.17) is 13.1 Å². The summed E-state index contributed by atoms with van der Waals surface area (Å²) in [6, 6.07) is 71.3. The van der Waals surface area contributed by atoms with Gasteiger partial charge in [-0.05, 0) is 153 Å². The molecule has 72 heavy (non-hydrogen) atoms. The molecule has 0 radical (unpaired) electrons. The molecule has 8 heteroatoms. The molecule has 3 heterocycles. The number of nitriles is 3. The van der Waals surface area contributed by atoms with Crippen LogP contribution >= 0.6 is 0 Å². The molecule has 0 N–H and O–H groups in total. The molecular formula is C64H34N8. The molecule has 0 aliphatic heterocycles. The summed E-state index contributed by atoms with van der Waals surface area (Å²) in [5.41, 5.74) is 17.4. The minimum Gasteiger partial charge on any atom is -0.308 e. The Bertz CT molecular complexity index is 3910. The molecule has 0 amide bonds. The second kappa shape index (κ2) is 17.4. The molecule has 0 atom stereocenters. The van der Waals surface area contributed by atoms with Crippen molar-refractivity contribution in [1.82, 2.24) is 14.1 Å². The molecule has 12 aromatic rings. The second-order valence-corrected chi connectivity index (χ2v) is 17.5. The van der Waals surface area contributed by atoms with Crippen molar-refractivity contribution in [1.29, 1.82) is 15.8 Å². The maximum absolute atomic E-state index is 11.7. The molecule has 9 aromatic carbocycles. The van der Waals surface area contributed by atoms with E-state index < -0.39 is 0 Å². The van der Waals surface area contributed by atoms with Crippen molar-refractivity contribution in [2.75, 3.05) is 0 Å². The summed E-state index contributed by atoms with van der Waals surface area (Å²) in [7, 11) is 0. The van der Waals surface area contributed by atoms with Gasteiger partial charge in [0.25, 0.3) is 0 Å². The quantitative estimate of drug-likeness (QED) is 0.149. The van der Waals surface area contributed by atoms with Gasteiger partial charge in [-0.15, -0.1) is 0 Å². The fourth-order valence-corrected chi connectivity index (χ4v) is 10.0. The Kier molecular flexibility index (Phi) is 10.3. The minimum absolute atomic E-state index is 0.468. The van der Waals surface area contributed by atoms with Crippen LogP contribution in [0.4, 0.5) is 11.4 Å². The van der Waals surface area contributed by atoms with Crippen LogP contribution in [0.5, 0.6) is 0 Å². The summed E-state index contributed by atoms with van der Waals surface area (Å²) in [5.74, 6) is 0. The van der Waals surface area contributed by atoms with Crippen molar-refractivity contribution in [2.24, 2.45) is 0 Å².